The van der Waals surface area contributed by atoms with Crippen LogP contribution in [0.4, 0.5) is 11.8 Å². The van der Waals surface area contributed by atoms with Crippen molar-refractivity contribution in [3.05, 3.63) is 35.8 Å². The molecule has 0 aliphatic carbocycles. The third kappa shape index (κ3) is 3.47. The molecule has 0 radical (unpaired) electrons. The minimum atomic E-state index is -0.283. The highest BCUT2D eigenvalue weighted by Crippen LogP contribution is 2.13. The van der Waals surface area contributed by atoms with Crippen molar-refractivity contribution >= 4 is 17.7 Å². The third-order valence-electron chi connectivity index (χ3n) is 2.61. The quantitative estimate of drug-likeness (QED) is 0.857. The van der Waals surface area contributed by atoms with Crippen molar-refractivity contribution in [1.82, 2.24) is 20.2 Å². The van der Waals surface area contributed by atoms with Crippen LogP contribution >= 0.6 is 0 Å². The fraction of sp³-hybridized carbons (Fsp3) is 0.308. The van der Waals surface area contributed by atoms with Crippen LogP contribution in [0, 0.1) is 0 Å². The topological polar surface area (TPSA) is 92.7 Å². The van der Waals surface area contributed by atoms with E-state index in [0.717, 1.165) is 18.5 Å². The summed E-state index contributed by atoms with van der Waals surface area (Å²) < 4.78 is 0. The number of pyridine rings is 1. The van der Waals surface area contributed by atoms with E-state index in [-0.39, 0.29) is 11.9 Å². The van der Waals surface area contributed by atoms with Gasteiger partial charge in [0.05, 0.1) is 12.4 Å². The Morgan fingerprint density at radius 3 is 2.80 bits per heavy atom. The lowest BCUT2D eigenvalue weighted by molar-refractivity contribution is 0.102. The van der Waals surface area contributed by atoms with Crippen LogP contribution in [-0.4, -0.2) is 33.1 Å². The first-order chi connectivity index (χ1) is 9.72. The van der Waals surface area contributed by atoms with Crippen LogP contribution < -0.4 is 10.6 Å². The molecule has 0 spiro atoms. The molecule has 20 heavy (non-hydrogen) atoms. The normalized spacial score (nSPS) is 10.1. The number of aromatic nitrogens is 4. The van der Waals surface area contributed by atoms with E-state index in [2.05, 4.69) is 37.7 Å². The average molecular weight is 272 g/mol. The predicted molar refractivity (Wildman–Crippen MR) is 75.6 cm³/mol. The number of nitrogens with zero attached hydrogens (tertiary/aromatic N) is 4. The van der Waals surface area contributed by atoms with Gasteiger partial charge in [0.2, 0.25) is 5.95 Å². The summed E-state index contributed by atoms with van der Waals surface area (Å²) in [4.78, 5) is 20.5. The molecule has 2 rings (SSSR count). The number of hydrogen-bond donors (Lipinski definition) is 2. The molecule has 0 unspecified atom stereocenters. The number of amides is 1. The number of hydrogen-bond acceptors (Lipinski definition) is 6. The highest BCUT2D eigenvalue weighted by Gasteiger charge is 2.11. The molecule has 0 aliphatic rings. The molecule has 2 aromatic rings. The van der Waals surface area contributed by atoms with E-state index in [0.29, 0.717) is 11.4 Å². The highest BCUT2D eigenvalue weighted by molar-refractivity contribution is 6.03. The van der Waals surface area contributed by atoms with E-state index >= 15 is 0 Å². The Bertz CT molecular complexity index is 587. The Hall–Kier alpha value is -2.57. The maximum Gasteiger partial charge on any atom is 0.258 e. The maximum atomic E-state index is 12.2. The van der Waals surface area contributed by atoms with Crippen molar-refractivity contribution < 1.29 is 4.79 Å². The van der Waals surface area contributed by atoms with Gasteiger partial charge in [0.15, 0.2) is 0 Å². The zero-order chi connectivity index (χ0) is 14.4. The lowest BCUT2D eigenvalue weighted by atomic mass is 10.1. The standard InChI is InChI=1S/C13H16N6O/c1-3-4-10-7-9(8-11(14-2)17-10)12(20)18-13-15-5-6-16-19-13/h5-8H,3-4H2,1-2H3,(H,14,17)(H,15,18,19,20). The molecule has 2 N–H and O–H groups in total. The first kappa shape index (κ1) is 13.9. The van der Waals surface area contributed by atoms with E-state index in [1.165, 1.54) is 12.4 Å². The zero-order valence-electron chi connectivity index (χ0n) is 11.4. The Morgan fingerprint density at radius 2 is 2.15 bits per heavy atom. The summed E-state index contributed by atoms with van der Waals surface area (Å²) >= 11 is 0. The van der Waals surface area contributed by atoms with Gasteiger partial charge >= 0.3 is 0 Å². The third-order valence-corrected chi connectivity index (χ3v) is 2.61. The van der Waals surface area contributed by atoms with Crippen LogP contribution in [0.3, 0.4) is 0 Å². The lowest BCUT2D eigenvalue weighted by Crippen LogP contribution is -2.15. The largest absolute Gasteiger partial charge is 0.373 e. The second-order valence-electron chi connectivity index (χ2n) is 4.15. The van der Waals surface area contributed by atoms with Gasteiger partial charge in [0, 0.05) is 18.3 Å². The van der Waals surface area contributed by atoms with E-state index in [9.17, 15) is 4.79 Å². The number of carbonyl (C=O) groups is 1. The van der Waals surface area contributed by atoms with Crippen molar-refractivity contribution in [1.29, 1.82) is 0 Å². The second kappa shape index (κ2) is 6.55. The van der Waals surface area contributed by atoms with Crippen LogP contribution in [0.15, 0.2) is 24.5 Å². The molecular formula is C13H16N6O. The Morgan fingerprint density at radius 1 is 1.30 bits per heavy atom. The van der Waals surface area contributed by atoms with Gasteiger partial charge in [-0.15, -0.1) is 5.10 Å². The van der Waals surface area contributed by atoms with Gasteiger partial charge in [0.25, 0.3) is 5.91 Å². The van der Waals surface area contributed by atoms with Crippen LogP contribution in [0.25, 0.3) is 0 Å². The summed E-state index contributed by atoms with van der Waals surface area (Å²) in [7, 11) is 1.77. The smallest absolute Gasteiger partial charge is 0.258 e. The molecule has 0 aliphatic heterocycles. The fourth-order valence-corrected chi connectivity index (χ4v) is 1.71. The van der Waals surface area contributed by atoms with Crippen molar-refractivity contribution in [3.8, 4) is 0 Å². The van der Waals surface area contributed by atoms with Gasteiger partial charge in [-0.05, 0) is 18.6 Å². The minimum Gasteiger partial charge on any atom is -0.373 e. The monoisotopic (exact) mass is 272 g/mol. The number of nitrogens with one attached hydrogen (secondary N) is 2. The fourth-order valence-electron chi connectivity index (χ4n) is 1.71. The van der Waals surface area contributed by atoms with Gasteiger partial charge in [-0.2, -0.15) is 5.10 Å². The molecule has 0 atom stereocenters. The first-order valence-electron chi connectivity index (χ1n) is 6.36. The summed E-state index contributed by atoms with van der Waals surface area (Å²) in [5, 5.41) is 12.9. The van der Waals surface area contributed by atoms with Crippen LogP contribution in [-0.2, 0) is 6.42 Å². The zero-order valence-corrected chi connectivity index (χ0v) is 11.4. The average Bonchev–Trinajstić information content (AvgIpc) is 2.48. The van der Waals surface area contributed by atoms with Gasteiger partial charge in [-0.25, -0.2) is 9.97 Å². The molecule has 2 aromatic heterocycles. The van der Waals surface area contributed by atoms with Gasteiger partial charge in [-0.3, -0.25) is 10.1 Å². The summed E-state index contributed by atoms with van der Waals surface area (Å²) in [6.45, 7) is 2.07. The van der Waals surface area contributed by atoms with Crippen molar-refractivity contribution in [2.24, 2.45) is 0 Å². The van der Waals surface area contributed by atoms with Crippen molar-refractivity contribution in [3.63, 3.8) is 0 Å². The summed E-state index contributed by atoms with van der Waals surface area (Å²) in [5.74, 6) is 0.555. The van der Waals surface area contributed by atoms with Crippen LogP contribution in [0.1, 0.15) is 29.4 Å². The Kier molecular flexibility index (Phi) is 4.54. The number of anilines is 2. The number of rotatable bonds is 5. The van der Waals surface area contributed by atoms with Crippen molar-refractivity contribution in [2.75, 3.05) is 17.7 Å². The Balaban J connectivity index is 2.22. The van der Waals surface area contributed by atoms with Gasteiger partial charge in [0.1, 0.15) is 5.82 Å². The van der Waals surface area contributed by atoms with Gasteiger partial charge in [-0.1, -0.05) is 13.3 Å². The SMILES string of the molecule is CCCc1cc(C(=O)Nc2nccnn2)cc(NC)n1. The second-order valence-corrected chi connectivity index (χ2v) is 4.15. The van der Waals surface area contributed by atoms with Crippen molar-refractivity contribution in [2.45, 2.75) is 19.8 Å². The molecular weight excluding hydrogens is 256 g/mol. The molecule has 0 bridgehead atoms. The molecule has 2 heterocycles. The van der Waals surface area contributed by atoms with Crippen LogP contribution in [0.5, 0.6) is 0 Å². The summed E-state index contributed by atoms with van der Waals surface area (Å²) in [6, 6.07) is 3.46. The summed E-state index contributed by atoms with van der Waals surface area (Å²) in [5.41, 5.74) is 1.39. The van der Waals surface area contributed by atoms with Crippen LogP contribution in [0.2, 0.25) is 0 Å². The molecule has 1 amide bonds. The highest BCUT2D eigenvalue weighted by atomic mass is 16.1. The minimum absolute atomic E-state index is 0.178. The van der Waals surface area contributed by atoms with Gasteiger partial charge < -0.3 is 5.32 Å². The van der Waals surface area contributed by atoms with E-state index in [4.69, 9.17) is 0 Å². The molecule has 0 fully saturated rings. The maximum absolute atomic E-state index is 12.2. The molecule has 0 saturated heterocycles. The molecule has 104 valence electrons. The van der Waals surface area contributed by atoms with E-state index < -0.39 is 0 Å². The summed E-state index contributed by atoms with van der Waals surface area (Å²) in [6.07, 6.45) is 4.70. The van der Waals surface area contributed by atoms with E-state index in [1.807, 2.05) is 0 Å². The molecule has 0 saturated carbocycles. The predicted octanol–water partition coefficient (Wildman–Crippen LogP) is 1.51. The molecule has 7 nitrogen and oxygen atoms in total. The Labute approximate surface area is 116 Å². The first-order valence-corrected chi connectivity index (χ1v) is 6.36. The van der Waals surface area contributed by atoms with E-state index in [1.54, 1.807) is 19.2 Å². The lowest BCUT2D eigenvalue weighted by Gasteiger charge is -2.08. The molecule has 7 heteroatoms. The molecule has 0 aromatic carbocycles. The number of carbonyl (C=O) groups excluding carboxylic acids is 1. The number of aryl methyl sites for hydroxylation is 1.